The first-order chi connectivity index (χ1) is 9.34. The van der Waals surface area contributed by atoms with Gasteiger partial charge in [-0.15, -0.1) is 0 Å². The first kappa shape index (κ1) is 16.2. The predicted molar refractivity (Wildman–Crippen MR) is 79.0 cm³/mol. The van der Waals surface area contributed by atoms with Crippen molar-refractivity contribution in [2.75, 3.05) is 6.54 Å². The fourth-order valence-corrected chi connectivity index (χ4v) is 2.13. The Hall–Kier alpha value is -1.84. The lowest BCUT2D eigenvalue weighted by molar-refractivity contribution is -0.137. The molecule has 1 N–H and O–H groups in total. The van der Waals surface area contributed by atoms with E-state index in [0.29, 0.717) is 18.5 Å². The third-order valence-corrected chi connectivity index (χ3v) is 3.51. The van der Waals surface area contributed by atoms with Crippen LogP contribution in [-0.4, -0.2) is 34.5 Å². The van der Waals surface area contributed by atoms with Crippen LogP contribution in [0.15, 0.2) is 18.2 Å². The van der Waals surface area contributed by atoms with Crippen LogP contribution in [-0.2, 0) is 4.79 Å². The predicted octanol–water partition coefficient (Wildman–Crippen LogP) is 3.02. The monoisotopic (exact) mass is 277 g/mol. The Morgan fingerprint density at radius 2 is 1.90 bits per heavy atom. The van der Waals surface area contributed by atoms with E-state index in [-0.39, 0.29) is 18.4 Å². The molecule has 0 aliphatic rings. The molecule has 0 spiro atoms. The first-order valence-corrected chi connectivity index (χ1v) is 6.93. The van der Waals surface area contributed by atoms with Crippen molar-refractivity contribution in [2.24, 2.45) is 0 Å². The summed E-state index contributed by atoms with van der Waals surface area (Å²) in [6, 6.07) is 5.75. The van der Waals surface area contributed by atoms with Gasteiger partial charge in [0.25, 0.3) is 5.91 Å². The molecule has 4 nitrogen and oxygen atoms in total. The van der Waals surface area contributed by atoms with E-state index in [1.165, 1.54) is 0 Å². The number of aryl methyl sites for hydroxylation is 1. The van der Waals surface area contributed by atoms with Crippen LogP contribution in [0, 0.1) is 13.8 Å². The maximum absolute atomic E-state index is 12.6. The largest absolute Gasteiger partial charge is 0.481 e. The van der Waals surface area contributed by atoms with Gasteiger partial charge >= 0.3 is 5.97 Å². The molecule has 0 heterocycles. The highest BCUT2D eigenvalue weighted by molar-refractivity contribution is 5.96. The number of carbonyl (C=O) groups is 2. The zero-order valence-electron chi connectivity index (χ0n) is 12.6. The minimum absolute atomic E-state index is 0.0217. The van der Waals surface area contributed by atoms with Crippen LogP contribution in [0.2, 0.25) is 0 Å². The number of hydrogen-bond acceptors (Lipinski definition) is 2. The summed E-state index contributed by atoms with van der Waals surface area (Å²) >= 11 is 0. The molecule has 0 atom stereocenters. The number of amides is 1. The Bertz CT molecular complexity index is 494. The average molecular weight is 277 g/mol. The van der Waals surface area contributed by atoms with Gasteiger partial charge in [0.1, 0.15) is 0 Å². The number of nitrogens with zero attached hydrogens (tertiary/aromatic N) is 1. The first-order valence-electron chi connectivity index (χ1n) is 6.93. The highest BCUT2D eigenvalue weighted by Gasteiger charge is 2.20. The van der Waals surface area contributed by atoms with Crippen molar-refractivity contribution in [3.05, 3.63) is 34.9 Å². The number of carbonyl (C=O) groups excluding carboxylic acids is 1. The molecule has 1 aromatic carbocycles. The SMILES string of the molecule is Cc1cccc(C(=O)N(CCCC(=O)O)C(C)C)c1C. The molecule has 0 radical (unpaired) electrons. The summed E-state index contributed by atoms with van der Waals surface area (Å²) in [5.74, 6) is -0.848. The molecule has 1 amide bonds. The lowest BCUT2D eigenvalue weighted by atomic mass is 10.0. The number of benzene rings is 1. The van der Waals surface area contributed by atoms with E-state index in [1.807, 2.05) is 45.9 Å². The summed E-state index contributed by atoms with van der Waals surface area (Å²) in [5.41, 5.74) is 2.78. The van der Waals surface area contributed by atoms with Gasteiger partial charge in [0.2, 0.25) is 0 Å². The second-order valence-corrected chi connectivity index (χ2v) is 5.34. The number of rotatable bonds is 6. The molecule has 1 rings (SSSR count). The summed E-state index contributed by atoms with van der Waals surface area (Å²) < 4.78 is 0. The standard InChI is InChI=1S/C16H23NO3/c1-11(2)17(10-6-9-15(18)19)16(20)14-8-5-7-12(3)13(14)4/h5,7-8,11H,6,9-10H2,1-4H3,(H,18,19). The normalized spacial score (nSPS) is 10.7. The molecule has 0 aliphatic heterocycles. The smallest absolute Gasteiger partial charge is 0.303 e. The fraction of sp³-hybridized carbons (Fsp3) is 0.500. The fourth-order valence-electron chi connectivity index (χ4n) is 2.13. The van der Waals surface area contributed by atoms with Crippen molar-refractivity contribution in [3.63, 3.8) is 0 Å². The van der Waals surface area contributed by atoms with E-state index in [4.69, 9.17) is 5.11 Å². The Morgan fingerprint density at radius 3 is 2.45 bits per heavy atom. The number of aliphatic carboxylic acids is 1. The van der Waals surface area contributed by atoms with Gasteiger partial charge in [-0.25, -0.2) is 0 Å². The average Bonchev–Trinajstić information content (AvgIpc) is 2.36. The third-order valence-electron chi connectivity index (χ3n) is 3.51. The summed E-state index contributed by atoms with van der Waals surface area (Å²) in [7, 11) is 0. The van der Waals surface area contributed by atoms with Gasteiger partial charge in [-0.2, -0.15) is 0 Å². The van der Waals surface area contributed by atoms with Crippen LogP contribution >= 0.6 is 0 Å². The number of carboxylic acid groups (broad SMARTS) is 1. The Labute approximate surface area is 120 Å². The van der Waals surface area contributed by atoms with Crippen LogP contribution in [0.3, 0.4) is 0 Å². The lowest BCUT2D eigenvalue weighted by Crippen LogP contribution is -2.38. The van der Waals surface area contributed by atoms with Crippen molar-refractivity contribution >= 4 is 11.9 Å². The zero-order chi connectivity index (χ0) is 15.3. The molecule has 0 bridgehead atoms. The molecule has 20 heavy (non-hydrogen) atoms. The van der Waals surface area contributed by atoms with Crippen molar-refractivity contribution < 1.29 is 14.7 Å². The van der Waals surface area contributed by atoms with Gasteiger partial charge in [0.15, 0.2) is 0 Å². The van der Waals surface area contributed by atoms with Gasteiger partial charge in [0.05, 0.1) is 0 Å². The van der Waals surface area contributed by atoms with Crippen molar-refractivity contribution in [1.82, 2.24) is 4.90 Å². The van der Waals surface area contributed by atoms with E-state index in [9.17, 15) is 9.59 Å². The van der Waals surface area contributed by atoms with E-state index in [0.717, 1.165) is 11.1 Å². The summed E-state index contributed by atoms with van der Waals surface area (Å²) in [6.45, 7) is 8.29. The van der Waals surface area contributed by atoms with E-state index in [2.05, 4.69) is 0 Å². The zero-order valence-corrected chi connectivity index (χ0v) is 12.6. The highest BCUT2D eigenvalue weighted by Crippen LogP contribution is 2.17. The van der Waals surface area contributed by atoms with Crippen molar-refractivity contribution in [2.45, 2.75) is 46.6 Å². The topological polar surface area (TPSA) is 57.6 Å². The lowest BCUT2D eigenvalue weighted by Gasteiger charge is -2.27. The Morgan fingerprint density at radius 1 is 1.25 bits per heavy atom. The molecule has 0 aliphatic carbocycles. The molecule has 0 aromatic heterocycles. The van der Waals surface area contributed by atoms with Crippen molar-refractivity contribution in [3.8, 4) is 0 Å². The maximum atomic E-state index is 12.6. The molecular weight excluding hydrogens is 254 g/mol. The van der Waals surface area contributed by atoms with Crippen LogP contribution in [0.5, 0.6) is 0 Å². The minimum Gasteiger partial charge on any atom is -0.481 e. The van der Waals surface area contributed by atoms with E-state index < -0.39 is 5.97 Å². The number of carboxylic acids is 1. The molecule has 0 saturated carbocycles. The highest BCUT2D eigenvalue weighted by atomic mass is 16.4. The van der Waals surface area contributed by atoms with Crippen LogP contribution < -0.4 is 0 Å². The van der Waals surface area contributed by atoms with E-state index >= 15 is 0 Å². The molecular formula is C16H23NO3. The molecule has 0 saturated heterocycles. The summed E-state index contributed by atoms with van der Waals surface area (Å²) in [6.07, 6.45) is 0.563. The number of hydrogen-bond donors (Lipinski definition) is 1. The van der Waals surface area contributed by atoms with Crippen LogP contribution in [0.1, 0.15) is 48.2 Å². The van der Waals surface area contributed by atoms with Crippen LogP contribution in [0.4, 0.5) is 0 Å². The Balaban J connectivity index is 2.88. The maximum Gasteiger partial charge on any atom is 0.303 e. The second kappa shape index (κ2) is 7.08. The van der Waals surface area contributed by atoms with Crippen molar-refractivity contribution in [1.29, 1.82) is 0 Å². The molecule has 4 heteroatoms. The van der Waals surface area contributed by atoms with Gasteiger partial charge in [-0.05, 0) is 51.3 Å². The van der Waals surface area contributed by atoms with E-state index in [1.54, 1.807) is 4.90 Å². The van der Waals surface area contributed by atoms with Gasteiger partial charge in [-0.3, -0.25) is 9.59 Å². The van der Waals surface area contributed by atoms with Gasteiger partial charge < -0.3 is 10.0 Å². The van der Waals surface area contributed by atoms with Gasteiger partial charge in [0, 0.05) is 24.6 Å². The second-order valence-electron chi connectivity index (χ2n) is 5.34. The summed E-state index contributed by atoms with van der Waals surface area (Å²) in [5, 5.41) is 8.70. The molecule has 110 valence electrons. The van der Waals surface area contributed by atoms with Crippen LogP contribution in [0.25, 0.3) is 0 Å². The Kier molecular flexibility index (Phi) is 5.74. The minimum atomic E-state index is -0.826. The molecule has 1 aromatic rings. The molecule has 0 unspecified atom stereocenters. The van der Waals surface area contributed by atoms with Gasteiger partial charge in [-0.1, -0.05) is 12.1 Å². The summed E-state index contributed by atoms with van der Waals surface area (Å²) in [4.78, 5) is 24.9. The third kappa shape index (κ3) is 4.08. The molecule has 0 fully saturated rings. The quantitative estimate of drug-likeness (QED) is 0.869.